The fourth-order valence-corrected chi connectivity index (χ4v) is 3.23. The highest BCUT2D eigenvalue weighted by Crippen LogP contribution is 2.50. The molecule has 1 heterocycles. The van der Waals surface area contributed by atoms with Crippen LogP contribution < -0.4 is 14.4 Å². The number of anilines is 1. The molecule has 1 aliphatic carbocycles. The molecule has 0 bridgehead atoms. The first-order valence-electron chi connectivity index (χ1n) is 6.83. The summed E-state index contributed by atoms with van der Waals surface area (Å²) in [6.45, 7) is 1.89. The number of carboxylic acid groups (broad SMARTS) is 1. The molecule has 0 atom stereocenters. The van der Waals surface area contributed by atoms with Crippen LogP contribution in [0.3, 0.4) is 0 Å². The Bertz CT molecular complexity index is 543. The fraction of sp³-hybridized carbons (Fsp3) is 0.533. The van der Waals surface area contributed by atoms with Crippen molar-refractivity contribution in [1.29, 1.82) is 0 Å². The number of nitrogens with zero attached hydrogens (tertiary/aromatic N) is 1. The van der Waals surface area contributed by atoms with E-state index in [1.165, 1.54) is 26.4 Å². The van der Waals surface area contributed by atoms with Gasteiger partial charge in [-0.15, -0.1) is 0 Å². The molecule has 0 unspecified atom stereocenters. The lowest BCUT2D eigenvalue weighted by molar-refractivity contribution is 0.0689. The van der Waals surface area contributed by atoms with Gasteiger partial charge in [0.25, 0.3) is 0 Å². The van der Waals surface area contributed by atoms with Gasteiger partial charge in [0, 0.05) is 30.6 Å². The van der Waals surface area contributed by atoms with E-state index in [9.17, 15) is 9.90 Å². The van der Waals surface area contributed by atoms with Crippen molar-refractivity contribution in [3.05, 3.63) is 17.7 Å². The van der Waals surface area contributed by atoms with Gasteiger partial charge in [0.05, 0.1) is 25.5 Å². The Hall–Kier alpha value is -1.91. The molecule has 1 aromatic rings. The van der Waals surface area contributed by atoms with Crippen molar-refractivity contribution in [3.63, 3.8) is 0 Å². The molecule has 20 heavy (non-hydrogen) atoms. The lowest BCUT2D eigenvalue weighted by Crippen LogP contribution is -2.60. The second-order valence-electron chi connectivity index (χ2n) is 5.74. The van der Waals surface area contributed by atoms with E-state index in [-0.39, 0.29) is 5.56 Å². The number of benzene rings is 1. The normalized spacial score (nSPS) is 19.2. The van der Waals surface area contributed by atoms with Gasteiger partial charge in [0.15, 0.2) is 11.5 Å². The van der Waals surface area contributed by atoms with E-state index in [2.05, 4.69) is 4.90 Å². The minimum absolute atomic E-state index is 0.275. The zero-order valence-electron chi connectivity index (χ0n) is 11.8. The monoisotopic (exact) mass is 277 g/mol. The highest BCUT2D eigenvalue weighted by molar-refractivity contribution is 5.96. The van der Waals surface area contributed by atoms with E-state index in [1.807, 2.05) is 0 Å². The predicted molar refractivity (Wildman–Crippen MR) is 75.0 cm³/mol. The molecule has 5 heteroatoms. The fourth-order valence-electron chi connectivity index (χ4n) is 3.23. The van der Waals surface area contributed by atoms with Gasteiger partial charge in [-0.3, -0.25) is 0 Å². The molecule has 1 spiro atoms. The highest BCUT2D eigenvalue weighted by Gasteiger charge is 2.48. The van der Waals surface area contributed by atoms with Gasteiger partial charge in [-0.1, -0.05) is 6.42 Å². The summed E-state index contributed by atoms with van der Waals surface area (Å²) in [6, 6.07) is 3.32. The summed E-state index contributed by atoms with van der Waals surface area (Å²) in [5, 5.41) is 9.40. The van der Waals surface area contributed by atoms with Crippen LogP contribution in [0.25, 0.3) is 0 Å². The van der Waals surface area contributed by atoms with Crippen LogP contribution in [0.2, 0.25) is 0 Å². The molecule has 0 radical (unpaired) electrons. The molecule has 1 aliphatic heterocycles. The van der Waals surface area contributed by atoms with E-state index in [0.29, 0.717) is 16.9 Å². The lowest BCUT2D eigenvalue weighted by Gasteiger charge is -2.57. The molecule has 5 nitrogen and oxygen atoms in total. The highest BCUT2D eigenvalue weighted by atomic mass is 16.5. The van der Waals surface area contributed by atoms with E-state index in [4.69, 9.17) is 9.47 Å². The molecule has 1 saturated heterocycles. The molecule has 2 aliphatic rings. The third-order valence-corrected chi connectivity index (χ3v) is 4.54. The molecule has 1 saturated carbocycles. The number of rotatable bonds is 4. The van der Waals surface area contributed by atoms with Gasteiger partial charge in [-0.25, -0.2) is 4.79 Å². The Morgan fingerprint density at radius 2 is 1.80 bits per heavy atom. The van der Waals surface area contributed by atoms with E-state index >= 15 is 0 Å². The Balaban J connectivity index is 1.94. The van der Waals surface area contributed by atoms with Crippen LogP contribution in [0.15, 0.2) is 12.1 Å². The number of methoxy groups -OCH3 is 2. The van der Waals surface area contributed by atoms with Crippen molar-refractivity contribution >= 4 is 11.7 Å². The molecule has 2 fully saturated rings. The van der Waals surface area contributed by atoms with Gasteiger partial charge >= 0.3 is 5.97 Å². The average molecular weight is 277 g/mol. The zero-order chi connectivity index (χ0) is 14.3. The first-order chi connectivity index (χ1) is 9.58. The first kappa shape index (κ1) is 13.1. The SMILES string of the molecule is COc1cc(C(=O)O)c(N2CC3(CCC3)C2)cc1OC. The molecule has 0 aromatic heterocycles. The maximum Gasteiger partial charge on any atom is 0.337 e. The quantitative estimate of drug-likeness (QED) is 0.915. The van der Waals surface area contributed by atoms with Gasteiger partial charge in [0.1, 0.15) is 0 Å². The van der Waals surface area contributed by atoms with Crippen LogP contribution in [0.4, 0.5) is 5.69 Å². The number of aromatic carboxylic acids is 1. The standard InChI is InChI=1S/C15H19NO4/c1-19-12-6-10(14(17)18)11(7-13(12)20-2)16-8-15(9-16)4-3-5-15/h6-7H,3-5,8-9H2,1-2H3,(H,17,18). The van der Waals surface area contributed by atoms with Crippen molar-refractivity contribution in [2.45, 2.75) is 19.3 Å². The molecule has 1 N–H and O–H groups in total. The Morgan fingerprint density at radius 3 is 2.25 bits per heavy atom. The topological polar surface area (TPSA) is 59.0 Å². The van der Waals surface area contributed by atoms with Crippen LogP contribution in [-0.2, 0) is 0 Å². The van der Waals surface area contributed by atoms with Gasteiger partial charge in [-0.05, 0) is 12.8 Å². The molecule has 3 rings (SSSR count). The second-order valence-corrected chi connectivity index (χ2v) is 5.74. The zero-order valence-corrected chi connectivity index (χ0v) is 11.8. The third kappa shape index (κ3) is 1.88. The van der Waals surface area contributed by atoms with Crippen LogP contribution in [0.1, 0.15) is 29.6 Å². The van der Waals surface area contributed by atoms with E-state index in [0.717, 1.165) is 18.8 Å². The minimum Gasteiger partial charge on any atom is -0.493 e. The maximum atomic E-state index is 11.5. The Labute approximate surface area is 118 Å². The van der Waals surface area contributed by atoms with Crippen molar-refractivity contribution < 1.29 is 19.4 Å². The minimum atomic E-state index is -0.935. The largest absolute Gasteiger partial charge is 0.493 e. The van der Waals surface area contributed by atoms with Crippen molar-refractivity contribution in [2.24, 2.45) is 5.41 Å². The first-order valence-corrected chi connectivity index (χ1v) is 6.83. The van der Waals surface area contributed by atoms with E-state index in [1.54, 1.807) is 19.2 Å². The summed E-state index contributed by atoms with van der Waals surface area (Å²) in [4.78, 5) is 13.6. The average Bonchev–Trinajstić information content (AvgIpc) is 2.34. The van der Waals surface area contributed by atoms with Crippen molar-refractivity contribution in [1.82, 2.24) is 0 Å². The van der Waals surface area contributed by atoms with Crippen LogP contribution in [0, 0.1) is 5.41 Å². The molecule has 1 aromatic carbocycles. The third-order valence-electron chi connectivity index (χ3n) is 4.54. The lowest BCUT2D eigenvalue weighted by atomic mass is 9.63. The smallest absolute Gasteiger partial charge is 0.337 e. The predicted octanol–water partition coefficient (Wildman–Crippen LogP) is 2.39. The molecular weight excluding hydrogens is 258 g/mol. The van der Waals surface area contributed by atoms with Gasteiger partial charge in [0.2, 0.25) is 0 Å². The van der Waals surface area contributed by atoms with Gasteiger partial charge in [-0.2, -0.15) is 0 Å². The number of ether oxygens (including phenoxy) is 2. The number of carboxylic acids is 1. The molecular formula is C15H19NO4. The summed E-state index contributed by atoms with van der Waals surface area (Å²) in [5.74, 6) is 0.0881. The Morgan fingerprint density at radius 1 is 1.20 bits per heavy atom. The summed E-state index contributed by atoms with van der Waals surface area (Å²) < 4.78 is 10.5. The van der Waals surface area contributed by atoms with Crippen LogP contribution in [0.5, 0.6) is 11.5 Å². The van der Waals surface area contributed by atoms with Crippen LogP contribution >= 0.6 is 0 Å². The Kier molecular flexibility index (Phi) is 3.00. The summed E-state index contributed by atoms with van der Waals surface area (Å²) in [5.41, 5.74) is 1.45. The second kappa shape index (κ2) is 4.58. The van der Waals surface area contributed by atoms with Crippen molar-refractivity contribution in [2.75, 3.05) is 32.2 Å². The summed E-state index contributed by atoms with van der Waals surface area (Å²) in [6.07, 6.45) is 3.82. The van der Waals surface area contributed by atoms with Crippen molar-refractivity contribution in [3.8, 4) is 11.5 Å². The number of hydrogen-bond donors (Lipinski definition) is 1. The van der Waals surface area contributed by atoms with Gasteiger partial charge < -0.3 is 19.5 Å². The van der Waals surface area contributed by atoms with E-state index < -0.39 is 5.97 Å². The molecule has 0 amide bonds. The number of hydrogen-bond acceptors (Lipinski definition) is 4. The summed E-state index contributed by atoms with van der Waals surface area (Å²) in [7, 11) is 3.07. The van der Waals surface area contributed by atoms with Crippen LogP contribution in [-0.4, -0.2) is 38.4 Å². The molecule has 108 valence electrons. The number of carbonyl (C=O) groups is 1. The summed E-state index contributed by atoms with van der Waals surface area (Å²) >= 11 is 0. The maximum absolute atomic E-state index is 11.5.